The molecule has 4 rings (SSSR count). The van der Waals surface area contributed by atoms with E-state index in [1.165, 1.54) is 24.3 Å². The van der Waals surface area contributed by atoms with Crippen molar-refractivity contribution < 1.29 is 27.2 Å². The van der Waals surface area contributed by atoms with Crippen LogP contribution < -0.4 is 5.32 Å². The van der Waals surface area contributed by atoms with Crippen molar-refractivity contribution in [1.82, 2.24) is 4.90 Å². The Labute approximate surface area is 182 Å². The first-order valence-electron chi connectivity index (χ1n) is 10.2. The molecule has 1 unspecified atom stereocenters. The van der Waals surface area contributed by atoms with Gasteiger partial charge in [0.05, 0.1) is 11.5 Å². The lowest BCUT2D eigenvalue weighted by atomic mass is 9.96. The third-order valence-electron chi connectivity index (χ3n) is 5.41. The van der Waals surface area contributed by atoms with Crippen molar-refractivity contribution in [2.24, 2.45) is 5.92 Å². The minimum atomic E-state index is -4.47. The molecule has 1 atom stereocenters. The molecule has 0 aliphatic carbocycles. The minimum absolute atomic E-state index is 0.0292. The molecule has 2 aromatic carbocycles. The van der Waals surface area contributed by atoms with E-state index in [4.69, 9.17) is 4.42 Å². The summed E-state index contributed by atoms with van der Waals surface area (Å²) in [5.41, 5.74) is 0.137. The predicted molar refractivity (Wildman–Crippen MR) is 113 cm³/mol. The molecule has 0 spiro atoms. The van der Waals surface area contributed by atoms with Crippen LogP contribution in [0.15, 0.2) is 71.1 Å². The molecule has 32 heavy (non-hydrogen) atoms. The highest BCUT2D eigenvalue weighted by Gasteiger charge is 2.32. The topological polar surface area (TPSA) is 62.6 Å². The number of piperidine rings is 1. The molecule has 2 amide bonds. The summed E-state index contributed by atoms with van der Waals surface area (Å²) in [5.74, 6) is -0.694. The molecule has 5 nitrogen and oxygen atoms in total. The number of anilines is 1. The zero-order valence-corrected chi connectivity index (χ0v) is 17.1. The summed E-state index contributed by atoms with van der Waals surface area (Å²) >= 11 is 0. The van der Waals surface area contributed by atoms with Crippen molar-refractivity contribution in [3.8, 4) is 11.3 Å². The first-order valence-corrected chi connectivity index (χ1v) is 10.2. The summed E-state index contributed by atoms with van der Waals surface area (Å²) in [6, 6.07) is 16.8. The Morgan fingerprint density at radius 2 is 1.78 bits per heavy atom. The van der Waals surface area contributed by atoms with Gasteiger partial charge in [-0.1, -0.05) is 30.3 Å². The summed E-state index contributed by atoms with van der Waals surface area (Å²) < 4.78 is 44.5. The second kappa shape index (κ2) is 8.90. The Morgan fingerprint density at radius 3 is 2.53 bits per heavy atom. The number of para-hydroxylation sites is 1. The largest absolute Gasteiger partial charge is 0.451 e. The standard InChI is InChI=1S/C24H21F3N2O3/c25-24(26,27)18-8-4-6-16(14-18)20-11-12-21(32-20)23(31)29-13-5-7-17(15-29)22(30)28-19-9-2-1-3-10-19/h1-4,6,8-12,14,17H,5,7,13,15H2,(H,28,30). The highest BCUT2D eigenvalue weighted by atomic mass is 19.4. The van der Waals surface area contributed by atoms with Gasteiger partial charge in [0.15, 0.2) is 5.76 Å². The average molecular weight is 442 g/mol. The Balaban J connectivity index is 1.45. The zero-order valence-electron chi connectivity index (χ0n) is 17.1. The summed E-state index contributed by atoms with van der Waals surface area (Å²) in [6.45, 7) is 0.727. The van der Waals surface area contributed by atoms with Gasteiger partial charge in [-0.2, -0.15) is 13.2 Å². The Hall–Kier alpha value is -3.55. The number of alkyl halides is 3. The number of carbonyl (C=O) groups is 2. The summed E-state index contributed by atoms with van der Waals surface area (Å²) in [7, 11) is 0. The molecule has 3 aromatic rings. The van der Waals surface area contributed by atoms with Crippen LogP contribution in [0.5, 0.6) is 0 Å². The van der Waals surface area contributed by atoms with Crippen molar-refractivity contribution in [1.29, 1.82) is 0 Å². The monoisotopic (exact) mass is 442 g/mol. The van der Waals surface area contributed by atoms with Crippen LogP contribution in [0, 0.1) is 5.92 Å². The number of hydrogen-bond donors (Lipinski definition) is 1. The van der Waals surface area contributed by atoms with Gasteiger partial charge in [-0.25, -0.2) is 0 Å². The zero-order chi connectivity index (χ0) is 22.7. The molecule has 0 radical (unpaired) electrons. The number of nitrogens with one attached hydrogen (secondary N) is 1. The van der Waals surface area contributed by atoms with E-state index in [9.17, 15) is 22.8 Å². The maximum atomic E-state index is 13.0. The summed E-state index contributed by atoms with van der Waals surface area (Å²) in [5, 5.41) is 2.86. The lowest BCUT2D eigenvalue weighted by Gasteiger charge is -2.31. The normalized spacial score (nSPS) is 16.6. The SMILES string of the molecule is O=C(Nc1ccccc1)C1CCCN(C(=O)c2ccc(-c3cccc(C(F)(F)F)c3)o2)C1. The number of rotatable bonds is 4. The molecular weight excluding hydrogens is 421 g/mol. The van der Waals surface area contributed by atoms with Gasteiger partial charge < -0.3 is 14.6 Å². The molecule has 0 bridgehead atoms. The molecule has 1 aromatic heterocycles. The number of benzene rings is 2. The van der Waals surface area contributed by atoms with Crippen LogP contribution in [-0.4, -0.2) is 29.8 Å². The molecule has 166 valence electrons. The van der Waals surface area contributed by atoms with E-state index in [2.05, 4.69) is 5.32 Å². The second-order valence-electron chi connectivity index (χ2n) is 7.69. The second-order valence-corrected chi connectivity index (χ2v) is 7.69. The maximum absolute atomic E-state index is 13.0. The lowest BCUT2D eigenvalue weighted by molar-refractivity contribution is -0.137. The van der Waals surface area contributed by atoms with E-state index in [1.54, 1.807) is 17.0 Å². The minimum Gasteiger partial charge on any atom is -0.451 e. The lowest BCUT2D eigenvalue weighted by Crippen LogP contribution is -2.43. The van der Waals surface area contributed by atoms with E-state index in [1.807, 2.05) is 18.2 Å². The Bertz CT molecular complexity index is 1110. The van der Waals surface area contributed by atoms with Gasteiger partial charge in [0.1, 0.15) is 5.76 Å². The number of furan rings is 1. The van der Waals surface area contributed by atoms with Gasteiger partial charge in [-0.3, -0.25) is 9.59 Å². The molecular formula is C24H21F3N2O3. The van der Waals surface area contributed by atoms with Gasteiger partial charge in [-0.15, -0.1) is 0 Å². The highest BCUT2D eigenvalue weighted by Crippen LogP contribution is 2.33. The average Bonchev–Trinajstić information content (AvgIpc) is 3.29. The third-order valence-corrected chi connectivity index (χ3v) is 5.41. The van der Waals surface area contributed by atoms with E-state index in [-0.39, 0.29) is 41.4 Å². The molecule has 1 saturated heterocycles. The van der Waals surface area contributed by atoms with Gasteiger partial charge in [0.2, 0.25) is 5.91 Å². The molecule has 2 heterocycles. The molecule has 1 fully saturated rings. The first-order chi connectivity index (χ1) is 15.3. The van der Waals surface area contributed by atoms with Gasteiger partial charge >= 0.3 is 6.18 Å². The fraction of sp³-hybridized carbons (Fsp3) is 0.250. The van der Waals surface area contributed by atoms with Crippen molar-refractivity contribution in [3.05, 3.63) is 78.1 Å². The fourth-order valence-corrected chi connectivity index (χ4v) is 3.75. The number of nitrogens with zero attached hydrogens (tertiary/aromatic N) is 1. The summed E-state index contributed by atoms with van der Waals surface area (Å²) in [6.07, 6.45) is -3.14. The Kier molecular flexibility index (Phi) is 6.03. The molecule has 1 N–H and O–H groups in total. The van der Waals surface area contributed by atoms with Crippen molar-refractivity contribution in [3.63, 3.8) is 0 Å². The van der Waals surface area contributed by atoms with Gasteiger partial charge in [-0.05, 0) is 49.2 Å². The molecule has 1 aliphatic rings. The smallest absolute Gasteiger partial charge is 0.416 e. The van der Waals surface area contributed by atoms with Crippen LogP contribution >= 0.6 is 0 Å². The van der Waals surface area contributed by atoms with E-state index in [0.717, 1.165) is 12.1 Å². The van der Waals surface area contributed by atoms with E-state index in [0.29, 0.717) is 25.1 Å². The molecule has 1 aliphatic heterocycles. The predicted octanol–water partition coefficient (Wildman–Crippen LogP) is 5.46. The number of carbonyl (C=O) groups excluding carboxylic acids is 2. The summed E-state index contributed by atoms with van der Waals surface area (Å²) in [4.78, 5) is 27.1. The van der Waals surface area contributed by atoms with E-state index < -0.39 is 11.7 Å². The van der Waals surface area contributed by atoms with Gasteiger partial charge in [0.25, 0.3) is 5.91 Å². The van der Waals surface area contributed by atoms with Crippen LogP contribution in [0.1, 0.15) is 29.0 Å². The highest BCUT2D eigenvalue weighted by molar-refractivity contribution is 5.95. The molecule has 8 heteroatoms. The quantitative estimate of drug-likeness (QED) is 0.584. The van der Waals surface area contributed by atoms with Crippen LogP contribution in [0.25, 0.3) is 11.3 Å². The number of halogens is 3. The van der Waals surface area contributed by atoms with Crippen molar-refractivity contribution in [2.75, 3.05) is 18.4 Å². The Morgan fingerprint density at radius 1 is 1.00 bits per heavy atom. The van der Waals surface area contributed by atoms with Crippen LogP contribution in [0.2, 0.25) is 0 Å². The van der Waals surface area contributed by atoms with Crippen molar-refractivity contribution in [2.45, 2.75) is 19.0 Å². The van der Waals surface area contributed by atoms with Gasteiger partial charge in [0, 0.05) is 24.3 Å². The van der Waals surface area contributed by atoms with Crippen LogP contribution in [0.4, 0.5) is 18.9 Å². The first kappa shape index (κ1) is 21.7. The van der Waals surface area contributed by atoms with Crippen molar-refractivity contribution >= 4 is 17.5 Å². The maximum Gasteiger partial charge on any atom is 0.416 e. The molecule has 0 saturated carbocycles. The number of hydrogen-bond acceptors (Lipinski definition) is 3. The number of likely N-dealkylation sites (tertiary alicyclic amines) is 1. The third kappa shape index (κ3) is 4.85. The van der Waals surface area contributed by atoms with Crippen LogP contribution in [0.3, 0.4) is 0 Å². The number of amides is 2. The fourth-order valence-electron chi connectivity index (χ4n) is 3.75. The van der Waals surface area contributed by atoms with E-state index >= 15 is 0 Å². The van der Waals surface area contributed by atoms with Crippen LogP contribution in [-0.2, 0) is 11.0 Å².